The summed E-state index contributed by atoms with van der Waals surface area (Å²) in [5.74, 6) is -0.140. The number of aliphatic hydroxyl groups is 1. The van der Waals surface area contributed by atoms with Crippen LogP contribution in [0, 0.1) is 0 Å². The number of nitrogens with two attached hydrogens (primary N) is 1. The van der Waals surface area contributed by atoms with Crippen molar-refractivity contribution in [3.8, 4) is 0 Å². The molecule has 0 aromatic heterocycles. The van der Waals surface area contributed by atoms with Crippen molar-refractivity contribution < 1.29 is 14.6 Å². The van der Waals surface area contributed by atoms with Crippen molar-refractivity contribution in [2.45, 2.75) is 18.9 Å². The summed E-state index contributed by atoms with van der Waals surface area (Å²) in [6, 6.07) is 5.06. The van der Waals surface area contributed by atoms with E-state index in [4.69, 9.17) is 10.5 Å². The Kier molecular flexibility index (Phi) is 4.46. The standard InChI is InChI=1S/C14H21N3O3/c1-2-16-13(18)10-3-4-11(15)12(7-10)17-8-14(19)5-6-20-9-14/h3-4,7,17,19H,2,5-6,8-9,15H2,1H3,(H,16,18). The van der Waals surface area contributed by atoms with Gasteiger partial charge in [0.1, 0.15) is 5.60 Å². The van der Waals surface area contributed by atoms with Crippen LogP contribution in [0.3, 0.4) is 0 Å². The number of amides is 1. The van der Waals surface area contributed by atoms with Crippen LogP contribution in [0.5, 0.6) is 0 Å². The van der Waals surface area contributed by atoms with Gasteiger partial charge in [-0.25, -0.2) is 0 Å². The Balaban J connectivity index is 2.06. The number of ether oxygens (including phenoxy) is 1. The summed E-state index contributed by atoms with van der Waals surface area (Å²) in [7, 11) is 0. The van der Waals surface area contributed by atoms with E-state index in [1.165, 1.54) is 0 Å². The Morgan fingerprint density at radius 2 is 2.35 bits per heavy atom. The lowest BCUT2D eigenvalue weighted by molar-refractivity contribution is 0.0382. The number of hydrogen-bond acceptors (Lipinski definition) is 5. The highest BCUT2D eigenvalue weighted by atomic mass is 16.5. The van der Waals surface area contributed by atoms with Crippen LogP contribution in [0.4, 0.5) is 11.4 Å². The molecule has 0 aliphatic carbocycles. The monoisotopic (exact) mass is 279 g/mol. The number of carbonyl (C=O) groups excluding carboxylic acids is 1. The molecule has 0 spiro atoms. The fourth-order valence-electron chi connectivity index (χ4n) is 2.11. The maximum Gasteiger partial charge on any atom is 0.251 e. The molecular formula is C14H21N3O3. The molecule has 0 bridgehead atoms. The van der Waals surface area contributed by atoms with Crippen LogP contribution in [-0.4, -0.2) is 42.9 Å². The van der Waals surface area contributed by atoms with E-state index < -0.39 is 5.60 Å². The zero-order valence-electron chi connectivity index (χ0n) is 11.6. The minimum absolute atomic E-state index is 0.140. The number of carbonyl (C=O) groups is 1. The number of benzene rings is 1. The summed E-state index contributed by atoms with van der Waals surface area (Å²) < 4.78 is 5.19. The molecule has 1 unspecified atom stereocenters. The molecule has 1 aliphatic heterocycles. The molecule has 6 heteroatoms. The first-order valence-corrected chi connectivity index (χ1v) is 6.76. The van der Waals surface area contributed by atoms with Gasteiger partial charge < -0.3 is 26.2 Å². The molecule has 5 N–H and O–H groups in total. The van der Waals surface area contributed by atoms with Crippen molar-refractivity contribution in [3.63, 3.8) is 0 Å². The highest BCUT2D eigenvalue weighted by Crippen LogP contribution is 2.23. The molecule has 1 heterocycles. The normalized spacial score (nSPS) is 21.7. The quantitative estimate of drug-likeness (QED) is 0.591. The van der Waals surface area contributed by atoms with E-state index in [0.717, 1.165) is 0 Å². The van der Waals surface area contributed by atoms with E-state index in [-0.39, 0.29) is 5.91 Å². The molecule has 1 fully saturated rings. The maximum absolute atomic E-state index is 11.8. The lowest BCUT2D eigenvalue weighted by atomic mass is 10.0. The van der Waals surface area contributed by atoms with Crippen LogP contribution in [0.1, 0.15) is 23.7 Å². The molecule has 1 atom stereocenters. The Morgan fingerprint density at radius 1 is 1.55 bits per heavy atom. The van der Waals surface area contributed by atoms with Gasteiger partial charge in [0.15, 0.2) is 0 Å². The minimum Gasteiger partial charge on any atom is -0.397 e. The fraction of sp³-hybridized carbons (Fsp3) is 0.500. The van der Waals surface area contributed by atoms with Crippen molar-refractivity contribution >= 4 is 17.3 Å². The maximum atomic E-state index is 11.8. The molecule has 1 amide bonds. The number of anilines is 2. The minimum atomic E-state index is -0.867. The van der Waals surface area contributed by atoms with Crippen molar-refractivity contribution in [1.82, 2.24) is 5.32 Å². The van der Waals surface area contributed by atoms with E-state index in [0.29, 0.717) is 49.7 Å². The highest BCUT2D eigenvalue weighted by Gasteiger charge is 2.32. The van der Waals surface area contributed by atoms with E-state index >= 15 is 0 Å². The van der Waals surface area contributed by atoms with Gasteiger partial charge in [-0.1, -0.05) is 0 Å². The molecule has 1 aromatic rings. The van der Waals surface area contributed by atoms with Gasteiger partial charge in [-0.05, 0) is 25.1 Å². The third-order valence-corrected chi connectivity index (χ3v) is 3.34. The van der Waals surface area contributed by atoms with Gasteiger partial charge in [-0.15, -0.1) is 0 Å². The molecule has 0 radical (unpaired) electrons. The summed E-state index contributed by atoms with van der Waals surface area (Å²) in [5, 5.41) is 16.0. The second-order valence-corrected chi connectivity index (χ2v) is 5.04. The summed E-state index contributed by atoms with van der Waals surface area (Å²) in [5.41, 5.74) is 6.75. The first kappa shape index (κ1) is 14.6. The largest absolute Gasteiger partial charge is 0.397 e. The van der Waals surface area contributed by atoms with E-state index in [1.54, 1.807) is 18.2 Å². The summed E-state index contributed by atoms with van der Waals surface area (Å²) in [4.78, 5) is 11.8. The first-order valence-electron chi connectivity index (χ1n) is 6.76. The van der Waals surface area contributed by atoms with E-state index in [9.17, 15) is 9.90 Å². The summed E-state index contributed by atoms with van der Waals surface area (Å²) in [6.45, 7) is 3.66. The van der Waals surface area contributed by atoms with Crippen molar-refractivity contribution in [2.24, 2.45) is 0 Å². The summed E-state index contributed by atoms with van der Waals surface area (Å²) in [6.07, 6.45) is 0.593. The van der Waals surface area contributed by atoms with Crippen LogP contribution in [0.2, 0.25) is 0 Å². The van der Waals surface area contributed by atoms with E-state index in [1.807, 2.05) is 6.92 Å². The fourth-order valence-corrected chi connectivity index (χ4v) is 2.11. The number of nitrogens with one attached hydrogen (secondary N) is 2. The molecule has 1 saturated heterocycles. The predicted octanol–water partition coefficient (Wildman–Crippen LogP) is 0.582. The average molecular weight is 279 g/mol. The zero-order chi connectivity index (χ0) is 14.6. The molecule has 2 rings (SSSR count). The smallest absolute Gasteiger partial charge is 0.251 e. The molecule has 1 aliphatic rings. The SMILES string of the molecule is CCNC(=O)c1ccc(N)c(NCC2(O)CCOC2)c1. The molecular weight excluding hydrogens is 258 g/mol. The first-order chi connectivity index (χ1) is 9.54. The van der Waals surface area contributed by atoms with Gasteiger partial charge in [-0.3, -0.25) is 4.79 Å². The van der Waals surface area contributed by atoms with Crippen LogP contribution in [0.15, 0.2) is 18.2 Å². The van der Waals surface area contributed by atoms with Crippen LogP contribution in [0.25, 0.3) is 0 Å². The van der Waals surface area contributed by atoms with Gasteiger partial charge in [-0.2, -0.15) is 0 Å². The summed E-state index contributed by atoms with van der Waals surface area (Å²) >= 11 is 0. The molecule has 6 nitrogen and oxygen atoms in total. The van der Waals surface area contributed by atoms with Crippen molar-refractivity contribution in [3.05, 3.63) is 23.8 Å². The molecule has 110 valence electrons. The Hall–Kier alpha value is -1.79. The van der Waals surface area contributed by atoms with Gasteiger partial charge >= 0.3 is 0 Å². The Labute approximate surface area is 118 Å². The lowest BCUT2D eigenvalue weighted by Crippen LogP contribution is -2.37. The molecule has 0 saturated carbocycles. The zero-order valence-corrected chi connectivity index (χ0v) is 11.6. The third-order valence-electron chi connectivity index (χ3n) is 3.34. The Bertz CT molecular complexity index is 485. The second kappa shape index (κ2) is 6.11. The van der Waals surface area contributed by atoms with Crippen LogP contribution < -0.4 is 16.4 Å². The van der Waals surface area contributed by atoms with Gasteiger partial charge in [0.2, 0.25) is 0 Å². The van der Waals surface area contributed by atoms with E-state index in [2.05, 4.69) is 10.6 Å². The Morgan fingerprint density at radius 3 is 3.00 bits per heavy atom. The van der Waals surface area contributed by atoms with Gasteiger partial charge in [0.25, 0.3) is 5.91 Å². The predicted molar refractivity (Wildman–Crippen MR) is 77.7 cm³/mol. The molecule has 20 heavy (non-hydrogen) atoms. The lowest BCUT2D eigenvalue weighted by Gasteiger charge is -2.22. The second-order valence-electron chi connectivity index (χ2n) is 5.04. The van der Waals surface area contributed by atoms with Crippen LogP contribution in [-0.2, 0) is 4.74 Å². The van der Waals surface area contributed by atoms with Gasteiger partial charge in [0.05, 0.1) is 18.0 Å². The van der Waals surface area contributed by atoms with Gasteiger partial charge in [0, 0.05) is 31.7 Å². The average Bonchev–Trinajstić information content (AvgIpc) is 2.85. The van der Waals surface area contributed by atoms with Crippen molar-refractivity contribution in [2.75, 3.05) is 37.4 Å². The molecule has 1 aromatic carbocycles. The number of nitrogen functional groups attached to an aromatic ring is 1. The number of rotatable bonds is 5. The highest BCUT2D eigenvalue weighted by molar-refractivity contribution is 5.96. The topological polar surface area (TPSA) is 96.6 Å². The third kappa shape index (κ3) is 3.40. The van der Waals surface area contributed by atoms with Crippen molar-refractivity contribution in [1.29, 1.82) is 0 Å². The van der Waals surface area contributed by atoms with Crippen LogP contribution >= 0.6 is 0 Å². The number of hydrogen-bond donors (Lipinski definition) is 4.